The zero-order valence-electron chi connectivity index (χ0n) is 6.96. The summed E-state index contributed by atoms with van der Waals surface area (Å²) in [5, 5.41) is 3.72. The number of amidine groups is 1. The molecule has 0 aromatic heterocycles. The summed E-state index contributed by atoms with van der Waals surface area (Å²) in [5.74, 6) is 0. The van der Waals surface area contributed by atoms with Gasteiger partial charge >= 0.3 is 0 Å². The molecule has 0 fully saturated rings. The summed E-state index contributed by atoms with van der Waals surface area (Å²) in [6, 6.07) is 8.01. The van der Waals surface area contributed by atoms with Crippen LogP contribution in [0.2, 0.25) is 5.02 Å². The second-order valence-electron chi connectivity index (χ2n) is 2.67. The summed E-state index contributed by atoms with van der Waals surface area (Å²) < 4.78 is 5.19. The second kappa shape index (κ2) is 3.66. The van der Waals surface area contributed by atoms with Gasteiger partial charge in [0.25, 0.3) is 6.02 Å². The Morgan fingerprint density at radius 2 is 2.38 bits per heavy atom. The van der Waals surface area contributed by atoms with E-state index in [1.807, 2.05) is 24.3 Å². The van der Waals surface area contributed by atoms with Crippen molar-refractivity contribution in [2.75, 3.05) is 18.5 Å². The molecule has 0 bridgehead atoms. The molecule has 0 amide bonds. The lowest BCUT2D eigenvalue weighted by atomic mass is 10.3. The van der Waals surface area contributed by atoms with Crippen LogP contribution in [0.1, 0.15) is 0 Å². The molecule has 0 spiro atoms. The summed E-state index contributed by atoms with van der Waals surface area (Å²) in [4.78, 5) is 4.10. The van der Waals surface area contributed by atoms with Gasteiger partial charge in [-0.05, 0) is 18.2 Å². The minimum absolute atomic E-state index is 0.572. The molecule has 0 atom stereocenters. The molecule has 0 aliphatic carbocycles. The minimum atomic E-state index is 0.572. The zero-order valence-corrected chi connectivity index (χ0v) is 7.71. The number of ether oxygens (including phenoxy) is 1. The molecule has 1 aromatic carbocycles. The van der Waals surface area contributed by atoms with Gasteiger partial charge in [-0.15, -0.1) is 0 Å². The van der Waals surface area contributed by atoms with Crippen LogP contribution >= 0.6 is 11.6 Å². The minimum Gasteiger partial charge on any atom is -0.463 e. The highest BCUT2D eigenvalue weighted by molar-refractivity contribution is 6.30. The average molecular weight is 197 g/mol. The Labute approximate surface area is 81.4 Å². The van der Waals surface area contributed by atoms with E-state index in [-0.39, 0.29) is 0 Å². The van der Waals surface area contributed by atoms with Crippen molar-refractivity contribution in [2.45, 2.75) is 0 Å². The summed E-state index contributed by atoms with van der Waals surface area (Å²) in [7, 11) is 0. The molecule has 0 radical (unpaired) electrons. The summed E-state index contributed by atoms with van der Waals surface area (Å²) in [5.41, 5.74) is 0.896. The predicted molar refractivity (Wildman–Crippen MR) is 53.3 cm³/mol. The van der Waals surface area contributed by atoms with E-state index in [9.17, 15) is 0 Å². The zero-order chi connectivity index (χ0) is 9.10. The molecule has 1 aliphatic heterocycles. The van der Waals surface area contributed by atoms with Crippen molar-refractivity contribution in [3.8, 4) is 0 Å². The lowest BCUT2D eigenvalue weighted by molar-refractivity contribution is 0.346. The fourth-order valence-corrected chi connectivity index (χ4v) is 1.29. The Balaban J connectivity index is 2.09. The highest BCUT2D eigenvalue weighted by atomic mass is 35.5. The van der Waals surface area contributed by atoms with Gasteiger partial charge in [-0.2, -0.15) is 0 Å². The lowest BCUT2D eigenvalue weighted by Gasteiger charge is -2.04. The van der Waals surface area contributed by atoms with Crippen LogP contribution in [0.3, 0.4) is 0 Å². The number of hydrogen-bond acceptors (Lipinski definition) is 3. The largest absolute Gasteiger partial charge is 0.463 e. The van der Waals surface area contributed by atoms with Crippen LogP contribution in [-0.4, -0.2) is 19.2 Å². The van der Waals surface area contributed by atoms with E-state index in [1.54, 1.807) is 0 Å². The molecule has 1 aliphatic rings. The second-order valence-corrected chi connectivity index (χ2v) is 3.11. The van der Waals surface area contributed by atoms with Crippen molar-refractivity contribution in [1.82, 2.24) is 0 Å². The SMILES string of the molecule is Clc1cccc(NC2=NCCO2)c1. The number of anilines is 1. The van der Waals surface area contributed by atoms with Crippen molar-refractivity contribution in [1.29, 1.82) is 0 Å². The van der Waals surface area contributed by atoms with Gasteiger partial charge in [0, 0.05) is 10.7 Å². The smallest absolute Gasteiger partial charge is 0.289 e. The molecule has 1 heterocycles. The van der Waals surface area contributed by atoms with Crippen LogP contribution in [0, 0.1) is 0 Å². The number of nitrogens with zero attached hydrogens (tertiary/aromatic N) is 1. The maximum absolute atomic E-state index is 5.81. The lowest BCUT2D eigenvalue weighted by Crippen LogP contribution is -2.11. The number of nitrogens with one attached hydrogen (secondary N) is 1. The van der Waals surface area contributed by atoms with E-state index in [2.05, 4.69) is 10.3 Å². The first-order valence-electron chi connectivity index (χ1n) is 4.04. The monoisotopic (exact) mass is 196 g/mol. The molecular weight excluding hydrogens is 188 g/mol. The van der Waals surface area contributed by atoms with E-state index >= 15 is 0 Å². The van der Waals surface area contributed by atoms with Crippen LogP contribution < -0.4 is 5.32 Å². The van der Waals surface area contributed by atoms with Gasteiger partial charge in [-0.1, -0.05) is 17.7 Å². The molecule has 4 heteroatoms. The first-order valence-corrected chi connectivity index (χ1v) is 4.42. The van der Waals surface area contributed by atoms with Crippen LogP contribution in [0.15, 0.2) is 29.3 Å². The maximum Gasteiger partial charge on any atom is 0.289 e. The van der Waals surface area contributed by atoms with Gasteiger partial charge in [0.2, 0.25) is 0 Å². The number of halogens is 1. The highest BCUT2D eigenvalue weighted by Gasteiger charge is 2.06. The van der Waals surface area contributed by atoms with Gasteiger partial charge in [-0.25, -0.2) is 4.99 Å². The van der Waals surface area contributed by atoms with Crippen molar-refractivity contribution in [3.05, 3.63) is 29.3 Å². The third-order valence-electron chi connectivity index (χ3n) is 1.66. The number of hydrogen-bond donors (Lipinski definition) is 1. The molecule has 3 nitrogen and oxygen atoms in total. The van der Waals surface area contributed by atoms with Gasteiger partial charge in [0.15, 0.2) is 0 Å². The van der Waals surface area contributed by atoms with Crippen LogP contribution in [0.5, 0.6) is 0 Å². The van der Waals surface area contributed by atoms with Gasteiger partial charge in [0.1, 0.15) is 6.61 Å². The van der Waals surface area contributed by atoms with E-state index in [0.717, 1.165) is 12.2 Å². The fourth-order valence-electron chi connectivity index (χ4n) is 1.10. The summed E-state index contributed by atoms with van der Waals surface area (Å²) in [6.07, 6.45) is 0. The first kappa shape index (κ1) is 8.38. The molecule has 0 saturated heterocycles. The van der Waals surface area contributed by atoms with Crippen LogP contribution in [0.4, 0.5) is 5.69 Å². The first-order chi connectivity index (χ1) is 6.34. The van der Waals surface area contributed by atoms with Crippen molar-refractivity contribution >= 4 is 23.3 Å². The van der Waals surface area contributed by atoms with Gasteiger partial charge < -0.3 is 10.1 Å². The molecule has 68 valence electrons. The van der Waals surface area contributed by atoms with E-state index < -0.39 is 0 Å². The van der Waals surface area contributed by atoms with Crippen molar-refractivity contribution in [2.24, 2.45) is 4.99 Å². The fraction of sp³-hybridized carbons (Fsp3) is 0.222. The Bertz CT molecular complexity index is 338. The molecule has 0 unspecified atom stereocenters. The Hall–Kier alpha value is -1.22. The number of aliphatic imine (C=N–C) groups is 1. The standard InChI is InChI=1S/C9H9ClN2O/c10-7-2-1-3-8(6-7)12-9-11-4-5-13-9/h1-3,6H,4-5H2,(H,11,12). The Morgan fingerprint density at radius 3 is 3.08 bits per heavy atom. The summed E-state index contributed by atoms with van der Waals surface area (Å²) in [6.45, 7) is 1.38. The Morgan fingerprint density at radius 1 is 1.46 bits per heavy atom. The quantitative estimate of drug-likeness (QED) is 0.747. The van der Waals surface area contributed by atoms with Crippen molar-refractivity contribution < 1.29 is 4.74 Å². The van der Waals surface area contributed by atoms with E-state index in [0.29, 0.717) is 17.7 Å². The average Bonchev–Trinajstić information content (AvgIpc) is 2.57. The van der Waals surface area contributed by atoms with E-state index in [1.165, 1.54) is 0 Å². The molecule has 0 saturated carbocycles. The molecule has 1 N–H and O–H groups in total. The van der Waals surface area contributed by atoms with Crippen LogP contribution in [-0.2, 0) is 4.74 Å². The normalized spacial score (nSPS) is 15.0. The molecular formula is C9H9ClN2O. The van der Waals surface area contributed by atoms with E-state index in [4.69, 9.17) is 16.3 Å². The molecule has 13 heavy (non-hydrogen) atoms. The third-order valence-corrected chi connectivity index (χ3v) is 1.90. The van der Waals surface area contributed by atoms with Gasteiger partial charge in [0.05, 0.1) is 6.54 Å². The molecule has 1 aromatic rings. The number of benzene rings is 1. The number of rotatable bonds is 1. The highest BCUT2D eigenvalue weighted by Crippen LogP contribution is 2.15. The van der Waals surface area contributed by atoms with Crippen molar-refractivity contribution in [3.63, 3.8) is 0 Å². The topological polar surface area (TPSA) is 33.6 Å². The Kier molecular flexibility index (Phi) is 2.36. The van der Waals surface area contributed by atoms with Gasteiger partial charge in [-0.3, -0.25) is 0 Å². The summed E-state index contributed by atoms with van der Waals surface area (Å²) >= 11 is 5.81. The third kappa shape index (κ3) is 2.12. The predicted octanol–water partition coefficient (Wildman–Crippen LogP) is 2.14. The van der Waals surface area contributed by atoms with Crippen LogP contribution in [0.25, 0.3) is 0 Å². The molecule has 2 rings (SSSR count). The maximum atomic E-state index is 5.81.